The number of aliphatic carboxylic acids is 2. The van der Waals surface area contributed by atoms with Gasteiger partial charge in [0, 0.05) is 26.4 Å². The van der Waals surface area contributed by atoms with E-state index in [0.717, 1.165) is 51.4 Å². The molecule has 0 amide bonds. The van der Waals surface area contributed by atoms with Crippen LogP contribution in [0.3, 0.4) is 0 Å². The number of unbranched alkanes of at least 4 members (excludes halogenated alkanes) is 18. The summed E-state index contributed by atoms with van der Waals surface area (Å²) in [5.74, 6) is -13.1. The maximum atomic E-state index is 12.3. The van der Waals surface area contributed by atoms with Crippen LogP contribution in [0.4, 0.5) is 0 Å². The molecule has 0 spiro atoms. The Kier molecular flexibility index (Phi) is 43.6. The van der Waals surface area contributed by atoms with E-state index in [9.17, 15) is 55.3 Å². The minimum atomic E-state index is -5.22. The Bertz CT molecular complexity index is 1280. The first-order valence-electron chi connectivity index (χ1n) is 21.6. The molecule has 356 valence electrons. The average molecular weight is 953 g/mol. The van der Waals surface area contributed by atoms with Crippen LogP contribution in [0.1, 0.15) is 170 Å². The number of carbonyl (C=O) groups is 4. The largest absolute Gasteiger partial charge is 1.00 e. The molecule has 2 unspecified atom stereocenters. The van der Waals surface area contributed by atoms with Crippen LogP contribution in [0, 0.1) is 0 Å². The van der Waals surface area contributed by atoms with Gasteiger partial charge >= 0.3 is 71.1 Å². The van der Waals surface area contributed by atoms with Crippen molar-refractivity contribution in [2.45, 2.75) is 192 Å². The van der Waals surface area contributed by atoms with Crippen molar-refractivity contribution >= 4 is 44.1 Å². The zero-order valence-corrected chi connectivity index (χ0v) is 44.4. The zero-order valence-electron chi connectivity index (χ0n) is 38.8. The molecule has 0 bridgehead atoms. The Morgan fingerprint density at radius 1 is 0.435 bits per heavy atom. The van der Waals surface area contributed by atoms with Crippen molar-refractivity contribution in [3.05, 3.63) is 0 Å². The van der Waals surface area contributed by atoms with Crippen LogP contribution in [-0.2, 0) is 67.8 Å². The van der Waals surface area contributed by atoms with Gasteiger partial charge in [0.25, 0.3) is 20.2 Å². The molecule has 0 saturated carbocycles. The van der Waals surface area contributed by atoms with E-state index >= 15 is 0 Å². The van der Waals surface area contributed by atoms with Gasteiger partial charge in [-0.05, 0) is 40.5 Å². The first-order chi connectivity index (χ1) is 28.3. The topological polar surface area (TPSA) is 279 Å². The Balaban J connectivity index is -0.000000526. The van der Waals surface area contributed by atoms with Crippen molar-refractivity contribution in [1.82, 2.24) is 0 Å². The van der Waals surface area contributed by atoms with E-state index in [1.54, 1.807) is 0 Å². The minimum absolute atomic E-state index is 0. The van der Waals surface area contributed by atoms with Gasteiger partial charge in [-0.15, -0.1) is 0 Å². The van der Waals surface area contributed by atoms with Gasteiger partial charge in [-0.3, -0.25) is 18.7 Å². The second-order valence-corrected chi connectivity index (χ2v) is 17.1. The quantitative estimate of drug-likeness (QED) is 0.0233. The van der Waals surface area contributed by atoms with E-state index in [2.05, 4.69) is 13.8 Å². The number of rotatable bonds is 38. The molecule has 0 saturated heterocycles. The van der Waals surface area contributed by atoms with Gasteiger partial charge in [-0.1, -0.05) is 129 Å². The Morgan fingerprint density at radius 2 is 0.645 bits per heavy atom. The number of ether oxygens (including phenoxy) is 6. The summed E-state index contributed by atoms with van der Waals surface area (Å²) in [5.41, 5.74) is 0. The maximum absolute atomic E-state index is 12.3. The molecule has 0 fully saturated rings. The third-order valence-corrected chi connectivity index (χ3v) is 11.4. The Hall–Kier alpha value is -0.460. The van der Waals surface area contributed by atoms with E-state index in [-0.39, 0.29) is 98.8 Å². The van der Waals surface area contributed by atoms with Crippen LogP contribution in [0.15, 0.2) is 0 Å². The molecule has 0 aromatic rings. The third-order valence-electron chi connectivity index (χ3n) is 9.20. The number of carbonyl (C=O) groups excluding carboxylic acids is 4. The number of carboxylic acids is 2. The molecule has 0 radical (unpaired) electrons. The van der Waals surface area contributed by atoms with Crippen molar-refractivity contribution in [3.8, 4) is 0 Å². The predicted octanol–water partition coefficient (Wildman–Crippen LogP) is -1.54. The summed E-state index contributed by atoms with van der Waals surface area (Å²) in [6, 6.07) is 0. The van der Waals surface area contributed by atoms with Crippen LogP contribution in [0.25, 0.3) is 0 Å². The Labute approximate surface area is 415 Å². The van der Waals surface area contributed by atoms with Gasteiger partial charge in [0.05, 0.1) is 13.2 Å². The molecule has 0 aliphatic carbocycles. The minimum Gasteiger partial charge on any atom is -0.544 e. The molecule has 2 N–H and O–H groups in total. The van der Waals surface area contributed by atoms with Crippen LogP contribution in [0.5, 0.6) is 0 Å². The molecule has 0 aromatic heterocycles. The van der Waals surface area contributed by atoms with Gasteiger partial charge in [0.1, 0.15) is 11.9 Å². The maximum Gasteiger partial charge on any atom is 1.00 e. The standard InChI is InChI=1S/2C20H38O9S.2Na/c2*1-4-7-8-9-10-11-12-13-14-15-16-27-18(21)17(30(24,25)26)20(19(22)23,28-5-2)29-6-3;;/h2*17H,4-16H2,1-3H3,(H,22,23)(H,24,25,26);;/q;;2*+1/p-2. The van der Waals surface area contributed by atoms with Gasteiger partial charge in [-0.2, -0.15) is 16.8 Å². The molecule has 0 rings (SSSR count). The van der Waals surface area contributed by atoms with Crippen LogP contribution >= 0.6 is 0 Å². The number of esters is 2. The number of hydrogen-bond donors (Lipinski definition) is 2. The van der Waals surface area contributed by atoms with Crippen molar-refractivity contribution in [3.63, 3.8) is 0 Å². The van der Waals surface area contributed by atoms with Crippen LogP contribution < -0.4 is 69.3 Å². The summed E-state index contributed by atoms with van der Waals surface area (Å²) in [6.45, 7) is 8.47. The van der Waals surface area contributed by atoms with Crippen LogP contribution in [0.2, 0.25) is 0 Å². The fourth-order valence-corrected chi connectivity index (χ4v) is 8.19. The number of hydrogen-bond acceptors (Lipinski definition) is 16. The van der Waals surface area contributed by atoms with E-state index in [1.165, 1.54) is 91.9 Å². The fourth-order valence-electron chi connectivity index (χ4n) is 6.32. The molecule has 62 heavy (non-hydrogen) atoms. The summed E-state index contributed by atoms with van der Waals surface area (Å²) in [6.07, 6.45) is 21.2. The summed E-state index contributed by atoms with van der Waals surface area (Å²) in [4.78, 5) is 47.9. The SMILES string of the molecule is CCCCCCCCCCCCOC(=O)C(C(OCC)(OCC)C(=O)[O-])S(=O)(=O)O.CCCCCCCCCCCCOC(=O)C(C(OCC)(OCC)C(=O)[O-])S(=O)(=O)O.[Na+].[Na+]. The summed E-state index contributed by atoms with van der Waals surface area (Å²) in [7, 11) is -10.4. The second kappa shape index (κ2) is 39.7. The van der Waals surface area contributed by atoms with E-state index in [0.29, 0.717) is 12.8 Å². The van der Waals surface area contributed by atoms with Crippen molar-refractivity contribution in [2.75, 3.05) is 39.6 Å². The molecular formula is C40H74Na2O18S2. The fraction of sp³-hybridized carbons (Fsp3) is 0.900. The molecular weight excluding hydrogens is 879 g/mol. The van der Waals surface area contributed by atoms with E-state index < -0.39 is 66.2 Å². The Morgan fingerprint density at radius 3 is 0.823 bits per heavy atom. The van der Waals surface area contributed by atoms with Crippen molar-refractivity contribution in [1.29, 1.82) is 0 Å². The second-order valence-electron chi connectivity index (χ2n) is 14.1. The zero-order chi connectivity index (χ0) is 46.1. The molecule has 2 atom stereocenters. The van der Waals surface area contributed by atoms with Crippen molar-refractivity contribution < 1.29 is 143 Å². The first-order valence-corrected chi connectivity index (χ1v) is 24.6. The summed E-state index contributed by atoms with van der Waals surface area (Å²) >= 11 is 0. The molecule has 18 nitrogen and oxygen atoms in total. The molecule has 0 aliphatic heterocycles. The number of carboxylic acid groups (broad SMARTS) is 2. The molecule has 0 aromatic carbocycles. The third kappa shape index (κ3) is 27.9. The molecule has 0 aliphatic rings. The van der Waals surface area contributed by atoms with E-state index in [4.69, 9.17) is 28.4 Å². The first kappa shape index (κ1) is 68.1. The van der Waals surface area contributed by atoms with Gasteiger partial charge < -0.3 is 48.2 Å². The molecule has 0 heterocycles. The normalized spacial score (nSPS) is 12.8. The van der Waals surface area contributed by atoms with Gasteiger partial charge in [0.15, 0.2) is 0 Å². The van der Waals surface area contributed by atoms with Gasteiger partial charge in [0.2, 0.25) is 22.1 Å². The monoisotopic (exact) mass is 952 g/mol. The van der Waals surface area contributed by atoms with Crippen molar-refractivity contribution in [2.24, 2.45) is 0 Å². The average Bonchev–Trinajstić information content (AvgIpc) is 3.15. The van der Waals surface area contributed by atoms with Crippen LogP contribution in [-0.4, -0.2) is 112 Å². The summed E-state index contributed by atoms with van der Waals surface area (Å²) in [5, 5.41) is 18.0. The predicted molar refractivity (Wildman–Crippen MR) is 218 cm³/mol. The smallest absolute Gasteiger partial charge is 0.544 e. The molecule has 22 heteroatoms. The summed E-state index contributed by atoms with van der Waals surface area (Å²) < 4.78 is 95.6. The van der Waals surface area contributed by atoms with E-state index in [1.807, 2.05) is 0 Å². The van der Waals surface area contributed by atoms with Gasteiger partial charge in [-0.25, -0.2) is 0 Å².